The Hall–Kier alpha value is -3.99. The zero-order valence-corrected chi connectivity index (χ0v) is 21.2. The number of hydrogen-bond acceptors (Lipinski definition) is 11. The molecule has 1 aliphatic heterocycles. The van der Waals surface area contributed by atoms with Crippen molar-refractivity contribution in [3.63, 3.8) is 0 Å². The molecule has 4 aromatic rings. The summed E-state index contributed by atoms with van der Waals surface area (Å²) in [6.45, 7) is 7.81. The fourth-order valence-corrected chi connectivity index (χ4v) is 4.92. The Morgan fingerprint density at radius 3 is 2.86 bits per heavy atom. The first-order chi connectivity index (χ1) is 17.5. The largest absolute Gasteiger partial charge is 0.465 e. The summed E-state index contributed by atoms with van der Waals surface area (Å²) >= 11 is 1.22. The van der Waals surface area contributed by atoms with Gasteiger partial charge in [-0.25, -0.2) is 9.78 Å². The lowest BCUT2D eigenvalue weighted by molar-refractivity contribution is 0.0531. The molecule has 0 bridgehead atoms. The van der Waals surface area contributed by atoms with Crippen LogP contribution in [0.3, 0.4) is 0 Å². The SMILES string of the molecule is CCOC(=O)c1sc(Nc2nc(NCc3ccc(C)o3)c3c(n2)N(Cc2cccnc2)CC3)nc1C. The minimum atomic E-state index is -0.380. The van der Waals surface area contributed by atoms with Crippen LogP contribution in [0.5, 0.6) is 0 Å². The van der Waals surface area contributed by atoms with Crippen molar-refractivity contribution < 1.29 is 13.9 Å². The van der Waals surface area contributed by atoms with E-state index in [0.717, 1.165) is 47.2 Å². The predicted molar refractivity (Wildman–Crippen MR) is 138 cm³/mol. The number of nitrogens with zero attached hydrogens (tertiary/aromatic N) is 5. The van der Waals surface area contributed by atoms with Gasteiger partial charge in [0.25, 0.3) is 0 Å². The molecule has 0 saturated heterocycles. The van der Waals surface area contributed by atoms with Crippen LogP contribution < -0.4 is 15.5 Å². The van der Waals surface area contributed by atoms with E-state index in [4.69, 9.17) is 19.1 Å². The van der Waals surface area contributed by atoms with Crippen LogP contribution in [-0.2, 0) is 24.2 Å². The Bertz CT molecular complexity index is 1370. The first-order valence-corrected chi connectivity index (χ1v) is 12.6. The lowest BCUT2D eigenvalue weighted by atomic mass is 10.2. The maximum Gasteiger partial charge on any atom is 0.350 e. The number of fused-ring (bicyclic) bond motifs is 1. The van der Waals surface area contributed by atoms with E-state index >= 15 is 0 Å². The van der Waals surface area contributed by atoms with Gasteiger partial charge in [0, 0.05) is 31.0 Å². The molecule has 0 spiro atoms. The third-order valence-corrected chi connectivity index (χ3v) is 6.77. The zero-order chi connectivity index (χ0) is 25.1. The van der Waals surface area contributed by atoms with Crippen LogP contribution in [0.2, 0.25) is 0 Å². The van der Waals surface area contributed by atoms with Gasteiger partial charge in [0.2, 0.25) is 5.95 Å². The lowest BCUT2D eigenvalue weighted by Crippen LogP contribution is -2.21. The second-order valence-corrected chi connectivity index (χ2v) is 9.37. The minimum absolute atomic E-state index is 0.309. The van der Waals surface area contributed by atoms with Crippen molar-refractivity contribution in [1.29, 1.82) is 0 Å². The second-order valence-electron chi connectivity index (χ2n) is 8.38. The summed E-state index contributed by atoms with van der Waals surface area (Å²) in [5.41, 5.74) is 2.76. The highest BCUT2D eigenvalue weighted by Gasteiger charge is 2.27. The summed E-state index contributed by atoms with van der Waals surface area (Å²) < 4.78 is 10.9. The quantitative estimate of drug-likeness (QED) is 0.312. The minimum Gasteiger partial charge on any atom is -0.465 e. The smallest absolute Gasteiger partial charge is 0.350 e. The van der Waals surface area contributed by atoms with E-state index in [9.17, 15) is 4.79 Å². The number of aryl methyl sites for hydroxylation is 2. The number of thiazole rings is 1. The van der Waals surface area contributed by atoms with Crippen LogP contribution >= 0.6 is 11.3 Å². The molecule has 186 valence electrons. The van der Waals surface area contributed by atoms with Crippen molar-refractivity contribution in [3.05, 3.63) is 69.9 Å². The number of ether oxygens (including phenoxy) is 1. The van der Waals surface area contributed by atoms with Gasteiger partial charge >= 0.3 is 5.97 Å². The van der Waals surface area contributed by atoms with E-state index in [2.05, 4.69) is 31.6 Å². The molecular weight excluding hydrogens is 478 g/mol. The molecule has 10 nitrogen and oxygen atoms in total. The van der Waals surface area contributed by atoms with Crippen LogP contribution in [0.1, 0.15) is 44.9 Å². The summed E-state index contributed by atoms with van der Waals surface area (Å²) in [4.78, 5) is 33.2. The van der Waals surface area contributed by atoms with Crippen molar-refractivity contribution >= 4 is 40.0 Å². The molecular formula is C25H27N7O3S. The molecule has 36 heavy (non-hydrogen) atoms. The standard InChI is InChI=1S/C25H27N7O3S/c1-4-34-23(33)20-16(3)28-25(36-20)31-24-29-21(27-13-18-8-7-15(2)35-18)19-9-11-32(22(19)30-24)14-17-6-5-10-26-12-17/h5-8,10,12H,4,9,11,13-14H2,1-3H3,(H2,27,28,29,30,31). The normalized spacial score (nSPS) is 12.5. The molecule has 0 amide bonds. The van der Waals surface area contributed by atoms with Crippen LogP contribution in [0.4, 0.5) is 22.7 Å². The molecule has 0 atom stereocenters. The van der Waals surface area contributed by atoms with E-state index in [0.29, 0.717) is 41.3 Å². The average Bonchev–Trinajstić information content (AvgIpc) is 3.57. The third-order valence-electron chi connectivity index (χ3n) is 5.71. The predicted octanol–water partition coefficient (Wildman–Crippen LogP) is 4.63. The molecule has 0 radical (unpaired) electrons. The number of furan rings is 1. The van der Waals surface area contributed by atoms with Gasteiger partial charge in [-0.1, -0.05) is 17.4 Å². The van der Waals surface area contributed by atoms with E-state index in [-0.39, 0.29) is 5.97 Å². The highest BCUT2D eigenvalue weighted by atomic mass is 32.1. The number of hydrogen-bond donors (Lipinski definition) is 2. The Morgan fingerprint density at radius 2 is 2.11 bits per heavy atom. The number of carbonyl (C=O) groups excluding carboxylic acids is 1. The highest BCUT2D eigenvalue weighted by molar-refractivity contribution is 7.17. The van der Waals surface area contributed by atoms with Crippen molar-refractivity contribution in [2.75, 3.05) is 28.7 Å². The summed E-state index contributed by atoms with van der Waals surface area (Å²) in [5, 5.41) is 7.14. The highest BCUT2D eigenvalue weighted by Crippen LogP contribution is 2.35. The molecule has 0 unspecified atom stereocenters. The fraction of sp³-hybridized carbons (Fsp3) is 0.320. The van der Waals surface area contributed by atoms with Crippen molar-refractivity contribution in [2.24, 2.45) is 0 Å². The number of rotatable bonds is 9. The number of aromatic nitrogens is 4. The second kappa shape index (κ2) is 10.3. The first kappa shape index (κ1) is 23.7. The molecule has 0 aromatic carbocycles. The van der Waals surface area contributed by atoms with E-state index < -0.39 is 0 Å². The summed E-state index contributed by atoms with van der Waals surface area (Å²) in [6, 6.07) is 7.88. The van der Waals surface area contributed by atoms with E-state index in [1.54, 1.807) is 20.0 Å². The molecule has 4 aromatic heterocycles. The van der Waals surface area contributed by atoms with Crippen LogP contribution in [0, 0.1) is 13.8 Å². The number of pyridine rings is 1. The summed E-state index contributed by atoms with van der Waals surface area (Å²) in [5.74, 6) is 3.30. The van der Waals surface area contributed by atoms with Gasteiger partial charge in [-0.3, -0.25) is 10.3 Å². The van der Waals surface area contributed by atoms with Gasteiger partial charge in [-0.15, -0.1) is 0 Å². The Labute approximate surface area is 212 Å². The first-order valence-electron chi connectivity index (χ1n) is 11.8. The molecule has 5 rings (SSSR count). The maximum atomic E-state index is 12.2. The van der Waals surface area contributed by atoms with Gasteiger partial charge < -0.3 is 19.4 Å². The van der Waals surface area contributed by atoms with Gasteiger partial charge in [-0.2, -0.15) is 9.97 Å². The Morgan fingerprint density at radius 1 is 1.22 bits per heavy atom. The molecule has 2 N–H and O–H groups in total. The van der Waals surface area contributed by atoms with Crippen LogP contribution in [-0.4, -0.2) is 39.1 Å². The third kappa shape index (κ3) is 5.15. The fourth-order valence-electron chi connectivity index (χ4n) is 4.07. The number of nitrogens with one attached hydrogen (secondary N) is 2. The molecule has 5 heterocycles. The molecule has 11 heteroatoms. The monoisotopic (exact) mass is 505 g/mol. The lowest BCUT2D eigenvalue weighted by Gasteiger charge is -2.19. The van der Waals surface area contributed by atoms with Crippen molar-refractivity contribution in [1.82, 2.24) is 19.9 Å². The van der Waals surface area contributed by atoms with Gasteiger partial charge in [0.05, 0.1) is 18.8 Å². The maximum absolute atomic E-state index is 12.2. The van der Waals surface area contributed by atoms with E-state index in [1.807, 2.05) is 31.3 Å². The molecule has 0 fully saturated rings. The number of carbonyl (C=O) groups is 1. The number of anilines is 4. The molecule has 1 aliphatic rings. The Balaban J connectivity index is 1.44. The Kier molecular flexibility index (Phi) is 6.81. The topological polar surface area (TPSA) is 118 Å². The molecule has 0 saturated carbocycles. The zero-order valence-electron chi connectivity index (χ0n) is 20.4. The summed E-state index contributed by atoms with van der Waals surface area (Å²) in [7, 11) is 0. The van der Waals surface area contributed by atoms with Gasteiger partial charge in [0.15, 0.2) is 5.13 Å². The van der Waals surface area contributed by atoms with Crippen molar-refractivity contribution in [2.45, 2.75) is 40.3 Å². The number of esters is 1. The van der Waals surface area contributed by atoms with Crippen molar-refractivity contribution in [3.8, 4) is 0 Å². The summed E-state index contributed by atoms with van der Waals surface area (Å²) in [6.07, 6.45) is 4.45. The van der Waals surface area contributed by atoms with Crippen LogP contribution in [0.25, 0.3) is 0 Å². The van der Waals surface area contributed by atoms with E-state index in [1.165, 1.54) is 11.3 Å². The van der Waals surface area contributed by atoms with Crippen LogP contribution in [0.15, 0.2) is 41.1 Å². The molecule has 0 aliphatic carbocycles. The average molecular weight is 506 g/mol. The van der Waals surface area contributed by atoms with Gasteiger partial charge in [0.1, 0.15) is 28.0 Å². The van der Waals surface area contributed by atoms with Gasteiger partial charge in [-0.05, 0) is 51.0 Å².